The molecule has 1 aliphatic carbocycles. The third-order valence-corrected chi connectivity index (χ3v) is 4.72. The predicted molar refractivity (Wildman–Crippen MR) is 71.0 cm³/mol. The zero-order chi connectivity index (χ0) is 12.1. The number of rotatable bonds is 5. The standard InChI is InChI=1S/C14H28N2O/c1-2-16(10-13-6-9-17-11-13)14(12-15)7-4-3-5-8-14/h13H,2-12,15H2,1H3. The maximum absolute atomic E-state index is 6.12. The van der Waals surface area contributed by atoms with E-state index in [2.05, 4.69) is 11.8 Å². The molecule has 3 nitrogen and oxygen atoms in total. The molecule has 0 spiro atoms. The van der Waals surface area contributed by atoms with Gasteiger partial charge in [0.1, 0.15) is 0 Å². The van der Waals surface area contributed by atoms with Crippen LogP contribution in [0.3, 0.4) is 0 Å². The first kappa shape index (κ1) is 13.3. The van der Waals surface area contributed by atoms with E-state index in [0.717, 1.165) is 32.2 Å². The fraction of sp³-hybridized carbons (Fsp3) is 1.00. The zero-order valence-corrected chi connectivity index (χ0v) is 11.3. The minimum atomic E-state index is 0.301. The summed E-state index contributed by atoms with van der Waals surface area (Å²) in [6.45, 7) is 7.34. The molecule has 0 bridgehead atoms. The van der Waals surface area contributed by atoms with Crippen LogP contribution in [-0.4, -0.2) is 43.3 Å². The van der Waals surface area contributed by atoms with Crippen LogP contribution < -0.4 is 5.73 Å². The third kappa shape index (κ3) is 3.01. The lowest BCUT2D eigenvalue weighted by atomic mass is 9.79. The van der Waals surface area contributed by atoms with E-state index in [4.69, 9.17) is 10.5 Å². The van der Waals surface area contributed by atoms with E-state index in [1.54, 1.807) is 0 Å². The zero-order valence-electron chi connectivity index (χ0n) is 11.3. The molecule has 3 heteroatoms. The molecule has 17 heavy (non-hydrogen) atoms. The van der Waals surface area contributed by atoms with Crippen molar-refractivity contribution in [2.45, 2.75) is 51.0 Å². The predicted octanol–water partition coefficient (Wildman–Crippen LogP) is 2.01. The Morgan fingerprint density at radius 3 is 2.59 bits per heavy atom. The molecule has 2 aliphatic rings. The van der Waals surface area contributed by atoms with Crippen molar-refractivity contribution in [2.24, 2.45) is 11.7 Å². The van der Waals surface area contributed by atoms with Crippen LogP contribution in [0.2, 0.25) is 0 Å². The van der Waals surface area contributed by atoms with Crippen molar-refractivity contribution in [2.75, 3.05) is 32.8 Å². The summed E-state index contributed by atoms with van der Waals surface area (Å²) in [6, 6.07) is 0. The van der Waals surface area contributed by atoms with E-state index in [1.165, 1.54) is 45.1 Å². The van der Waals surface area contributed by atoms with Gasteiger partial charge in [-0.2, -0.15) is 0 Å². The Balaban J connectivity index is 1.97. The molecule has 0 aromatic heterocycles. The minimum Gasteiger partial charge on any atom is -0.381 e. The van der Waals surface area contributed by atoms with Crippen molar-refractivity contribution in [3.8, 4) is 0 Å². The van der Waals surface area contributed by atoms with Crippen LogP contribution in [0, 0.1) is 5.92 Å². The first-order valence-corrected chi connectivity index (χ1v) is 7.33. The van der Waals surface area contributed by atoms with E-state index < -0.39 is 0 Å². The molecule has 1 saturated heterocycles. The van der Waals surface area contributed by atoms with Crippen LogP contribution in [0.15, 0.2) is 0 Å². The molecule has 1 unspecified atom stereocenters. The SMILES string of the molecule is CCN(CC1CCOC1)C1(CN)CCCCC1. The highest BCUT2D eigenvalue weighted by molar-refractivity contribution is 4.94. The van der Waals surface area contributed by atoms with Crippen LogP contribution in [0.25, 0.3) is 0 Å². The average Bonchev–Trinajstić information content (AvgIpc) is 2.89. The van der Waals surface area contributed by atoms with E-state index in [1.807, 2.05) is 0 Å². The van der Waals surface area contributed by atoms with Crippen LogP contribution >= 0.6 is 0 Å². The molecule has 1 heterocycles. The topological polar surface area (TPSA) is 38.5 Å². The molecule has 2 N–H and O–H groups in total. The molecule has 1 atom stereocenters. The van der Waals surface area contributed by atoms with Gasteiger partial charge in [-0.15, -0.1) is 0 Å². The average molecular weight is 240 g/mol. The summed E-state index contributed by atoms with van der Waals surface area (Å²) in [5.41, 5.74) is 6.42. The second-order valence-electron chi connectivity index (χ2n) is 5.76. The molecule has 0 aromatic rings. The van der Waals surface area contributed by atoms with Crippen molar-refractivity contribution >= 4 is 0 Å². The number of hydrogen-bond acceptors (Lipinski definition) is 3. The van der Waals surface area contributed by atoms with Gasteiger partial charge in [0.05, 0.1) is 6.61 Å². The molecule has 0 radical (unpaired) electrons. The second kappa shape index (κ2) is 6.17. The Morgan fingerprint density at radius 1 is 1.29 bits per heavy atom. The summed E-state index contributed by atoms with van der Waals surface area (Å²) >= 11 is 0. The van der Waals surface area contributed by atoms with Gasteiger partial charge in [0.15, 0.2) is 0 Å². The Morgan fingerprint density at radius 2 is 2.06 bits per heavy atom. The molecular weight excluding hydrogens is 212 g/mol. The van der Waals surface area contributed by atoms with Crippen molar-refractivity contribution in [1.82, 2.24) is 4.90 Å². The fourth-order valence-electron chi connectivity index (χ4n) is 3.56. The van der Waals surface area contributed by atoms with Crippen molar-refractivity contribution in [3.05, 3.63) is 0 Å². The Kier molecular flexibility index (Phi) is 4.83. The molecular formula is C14H28N2O. The first-order valence-electron chi connectivity index (χ1n) is 7.33. The first-order chi connectivity index (χ1) is 8.30. The lowest BCUT2D eigenvalue weighted by Crippen LogP contribution is -2.56. The van der Waals surface area contributed by atoms with E-state index >= 15 is 0 Å². The lowest BCUT2D eigenvalue weighted by Gasteiger charge is -2.46. The third-order valence-electron chi connectivity index (χ3n) is 4.72. The van der Waals surface area contributed by atoms with Crippen molar-refractivity contribution in [1.29, 1.82) is 0 Å². The number of ether oxygens (including phenoxy) is 1. The Bertz CT molecular complexity index is 220. The molecule has 1 saturated carbocycles. The van der Waals surface area contributed by atoms with Crippen LogP contribution in [-0.2, 0) is 4.74 Å². The van der Waals surface area contributed by atoms with Gasteiger partial charge >= 0.3 is 0 Å². The highest BCUT2D eigenvalue weighted by Gasteiger charge is 2.37. The fourth-order valence-corrected chi connectivity index (χ4v) is 3.56. The molecule has 2 fully saturated rings. The van der Waals surface area contributed by atoms with Gasteiger partial charge in [0.2, 0.25) is 0 Å². The molecule has 100 valence electrons. The summed E-state index contributed by atoms with van der Waals surface area (Å²) in [4.78, 5) is 2.66. The Labute approximate surface area is 106 Å². The molecule has 0 amide bonds. The molecule has 0 aromatic carbocycles. The highest BCUT2D eigenvalue weighted by atomic mass is 16.5. The van der Waals surface area contributed by atoms with Gasteiger partial charge in [-0.05, 0) is 31.7 Å². The van der Waals surface area contributed by atoms with Crippen LogP contribution in [0.4, 0.5) is 0 Å². The smallest absolute Gasteiger partial charge is 0.0507 e. The van der Waals surface area contributed by atoms with Gasteiger partial charge < -0.3 is 10.5 Å². The lowest BCUT2D eigenvalue weighted by molar-refractivity contribution is 0.0448. The maximum atomic E-state index is 6.12. The van der Waals surface area contributed by atoms with E-state index in [9.17, 15) is 0 Å². The number of nitrogens with two attached hydrogens (primary N) is 1. The summed E-state index contributed by atoms with van der Waals surface area (Å²) in [6.07, 6.45) is 7.93. The van der Waals surface area contributed by atoms with E-state index in [-0.39, 0.29) is 0 Å². The summed E-state index contributed by atoms with van der Waals surface area (Å²) in [5.74, 6) is 0.736. The van der Waals surface area contributed by atoms with Gasteiger partial charge in [0.25, 0.3) is 0 Å². The molecule has 1 aliphatic heterocycles. The van der Waals surface area contributed by atoms with Gasteiger partial charge in [0, 0.05) is 25.2 Å². The van der Waals surface area contributed by atoms with Crippen molar-refractivity contribution < 1.29 is 4.74 Å². The monoisotopic (exact) mass is 240 g/mol. The van der Waals surface area contributed by atoms with Gasteiger partial charge in [-0.25, -0.2) is 0 Å². The van der Waals surface area contributed by atoms with Crippen LogP contribution in [0.5, 0.6) is 0 Å². The highest BCUT2D eigenvalue weighted by Crippen LogP contribution is 2.34. The van der Waals surface area contributed by atoms with Crippen molar-refractivity contribution in [3.63, 3.8) is 0 Å². The summed E-state index contributed by atoms with van der Waals surface area (Å²) < 4.78 is 5.50. The van der Waals surface area contributed by atoms with Gasteiger partial charge in [-0.1, -0.05) is 26.2 Å². The summed E-state index contributed by atoms with van der Waals surface area (Å²) in [5, 5.41) is 0. The number of nitrogens with zero attached hydrogens (tertiary/aromatic N) is 1. The van der Waals surface area contributed by atoms with Crippen LogP contribution in [0.1, 0.15) is 45.4 Å². The summed E-state index contributed by atoms with van der Waals surface area (Å²) in [7, 11) is 0. The van der Waals surface area contributed by atoms with Gasteiger partial charge in [-0.3, -0.25) is 4.90 Å². The largest absolute Gasteiger partial charge is 0.381 e. The normalized spacial score (nSPS) is 28.8. The molecule has 2 rings (SSSR count). The number of likely N-dealkylation sites (N-methyl/N-ethyl adjacent to an activating group) is 1. The number of hydrogen-bond donors (Lipinski definition) is 1. The minimum absolute atomic E-state index is 0.301. The maximum Gasteiger partial charge on any atom is 0.0507 e. The van der Waals surface area contributed by atoms with E-state index in [0.29, 0.717) is 5.54 Å². The quantitative estimate of drug-likeness (QED) is 0.799. The Hall–Kier alpha value is -0.120. The second-order valence-corrected chi connectivity index (χ2v) is 5.76.